The third-order valence-electron chi connectivity index (χ3n) is 2.96. The van der Waals surface area contributed by atoms with Crippen molar-refractivity contribution in [2.75, 3.05) is 20.1 Å². The molecule has 0 bridgehead atoms. The van der Waals surface area contributed by atoms with Crippen LogP contribution in [-0.2, 0) is 4.79 Å². The Morgan fingerprint density at radius 3 is 2.38 bits per heavy atom. The highest BCUT2D eigenvalue weighted by Crippen LogP contribution is 2.26. The fourth-order valence-corrected chi connectivity index (χ4v) is 1.59. The maximum absolute atomic E-state index is 12.0. The maximum Gasteiger partial charge on any atom is 0.320 e. The second-order valence-corrected chi connectivity index (χ2v) is 4.40. The molecule has 0 aliphatic heterocycles. The zero-order valence-corrected chi connectivity index (χ0v) is 10.1. The Balaban J connectivity index is 2.52. The summed E-state index contributed by atoms with van der Waals surface area (Å²) in [6.07, 6.45) is 2.13. The third kappa shape index (κ3) is 3.12. The molecule has 1 rings (SSSR count). The van der Waals surface area contributed by atoms with E-state index in [1.165, 1.54) is 0 Å². The Bertz CT molecular complexity index is 276. The smallest absolute Gasteiger partial charge is 0.320 e. The van der Waals surface area contributed by atoms with Gasteiger partial charge in [-0.05, 0) is 19.8 Å². The van der Waals surface area contributed by atoms with Crippen LogP contribution >= 0.6 is 0 Å². The predicted octanol–water partition coefficient (Wildman–Crippen LogP) is 1.24. The van der Waals surface area contributed by atoms with Gasteiger partial charge in [0.25, 0.3) is 0 Å². The molecule has 1 saturated carbocycles. The van der Waals surface area contributed by atoms with Gasteiger partial charge in [0.15, 0.2) is 0 Å². The molecule has 16 heavy (non-hydrogen) atoms. The van der Waals surface area contributed by atoms with Crippen molar-refractivity contribution in [2.24, 2.45) is 5.92 Å². The first kappa shape index (κ1) is 12.8. The molecule has 0 heterocycles. The summed E-state index contributed by atoms with van der Waals surface area (Å²) < 4.78 is 0. The Morgan fingerprint density at radius 1 is 1.44 bits per heavy atom. The second-order valence-electron chi connectivity index (χ2n) is 4.40. The van der Waals surface area contributed by atoms with E-state index in [9.17, 15) is 9.59 Å². The summed E-state index contributed by atoms with van der Waals surface area (Å²) in [7, 11) is 1.79. The summed E-state index contributed by atoms with van der Waals surface area (Å²) in [5, 5.41) is 8.82. The third-order valence-corrected chi connectivity index (χ3v) is 2.96. The first-order chi connectivity index (χ1) is 7.47. The average molecular weight is 228 g/mol. The SMILES string of the molecule is CCN(CC(C)C(=O)O)C(=O)N(C)C1CC1. The van der Waals surface area contributed by atoms with E-state index in [4.69, 9.17) is 5.11 Å². The molecular formula is C11H20N2O3. The van der Waals surface area contributed by atoms with Crippen LogP contribution < -0.4 is 0 Å². The van der Waals surface area contributed by atoms with E-state index >= 15 is 0 Å². The number of carboxylic acids is 1. The highest BCUT2D eigenvalue weighted by atomic mass is 16.4. The molecule has 2 amide bonds. The normalized spacial score (nSPS) is 16.7. The van der Waals surface area contributed by atoms with Gasteiger partial charge >= 0.3 is 12.0 Å². The number of hydrogen-bond acceptors (Lipinski definition) is 2. The topological polar surface area (TPSA) is 60.9 Å². The lowest BCUT2D eigenvalue weighted by molar-refractivity contribution is -0.141. The Morgan fingerprint density at radius 2 is 2.00 bits per heavy atom. The Kier molecular flexibility index (Phi) is 4.15. The van der Waals surface area contributed by atoms with Gasteiger partial charge in [-0.1, -0.05) is 6.92 Å². The molecule has 1 aliphatic carbocycles. The number of nitrogens with zero attached hydrogens (tertiary/aromatic N) is 2. The summed E-state index contributed by atoms with van der Waals surface area (Å²) in [6, 6.07) is 0.305. The van der Waals surface area contributed by atoms with Crippen LogP contribution in [0.4, 0.5) is 4.79 Å². The van der Waals surface area contributed by atoms with Gasteiger partial charge in [-0.25, -0.2) is 4.79 Å². The van der Waals surface area contributed by atoms with E-state index in [2.05, 4.69) is 0 Å². The minimum Gasteiger partial charge on any atom is -0.481 e. The van der Waals surface area contributed by atoms with E-state index in [0.717, 1.165) is 12.8 Å². The minimum absolute atomic E-state index is 0.0573. The molecule has 1 atom stereocenters. The van der Waals surface area contributed by atoms with Crippen molar-refractivity contribution in [1.82, 2.24) is 9.80 Å². The van der Waals surface area contributed by atoms with E-state index in [0.29, 0.717) is 12.6 Å². The Labute approximate surface area is 96.0 Å². The van der Waals surface area contributed by atoms with Gasteiger partial charge in [-0.2, -0.15) is 0 Å². The highest BCUT2D eigenvalue weighted by molar-refractivity contribution is 5.76. The van der Waals surface area contributed by atoms with Crippen LogP contribution in [0.15, 0.2) is 0 Å². The standard InChI is InChI=1S/C11H20N2O3/c1-4-13(7-8(2)10(14)15)11(16)12(3)9-5-6-9/h8-9H,4-7H2,1-3H3,(H,14,15). The lowest BCUT2D eigenvalue weighted by Gasteiger charge is -2.28. The van der Waals surface area contributed by atoms with Crippen molar-refractivity contribution < 1.29 is 14.7 Å². The molecule has 1 aliphatic rings. The summed E-state index contributed by atoms with van der Waals surface area (Å²) in [5.74, 6) is -1.38. The van der Waals surface area contributed by atoms with Crippen molar-refractivity contribution in [3.8, 4) is 0 Å². The average Bonchev–Trinajstić information content (AvgIpc) is 3.06. The molecule has 0 spiro atoms. The molecule has 0 saturated heterocycles. The monoisotopic (exact) mass is 228 g/mol. The van der Waals surface area contributed by atoms with Crippen LogP contribution in [-0.4, -0.2) is 53.1 Å². The quantitative estimate of drug-likeness (QED) is 0.770. The lowest BCUT2D eigenvalue weighted by atomic mass is 10.2. The zero-order chi connectivity index (χ0) is 12.3. The number of urea groups is 1. The molecule has 5 nitrogen and oxygen atoms in total. The van der Waals surface area contributed by atoms with Crippen molar-refractivity contribution in [3.05, 3.63) is 0 Å². The van der Waals surface area contributed by atoms with Gasteiger partial charge in [0.05, 0.1) is 5.92 Å². The predicted molar refractivity (Wildman–Crippen MR) is 60.2 cm³/mol. The van der Waals surface area contributed by atoms with E-state index < -0.39 is 11.9 Å². The summed E-state index contributed by atoms with van der Waals surface area (Å²) in [5.41, 5.74) is 0. The molecule has 92 valence electrons. The molecule has 1 N–H and O–H groups in total. The van der Waals surface area contributed by atoms with E-state index in [-0.39, 0.29) is 12.6 Å². The fraction of sp³-hybridized carbons (Fsp3) is 0.818. The molecule has 0 aromatic carbocycles. The molecular weight excluding hydrogens is 208 g/mol. The Hall–Kier alpha value is -1.26. The second kappa shape index (κ2) is 5.18. The zero-order valence-electron chi connectivity index (χ0n) is 10.1. The highest BCUT2D eigenvalue weighted by Gasteiger charge is 2.32. The van der Waals surface area contributed by atoms with Gasteiger partial charge < -0.3 is 14.9 Å². The summed E-state index contributed by atoms with van der Waals surface area (Å²) in [6.45, 7) is 4.32. The van der Waals surface area contributed by atoms with Crippen LogP contribution in [0.25, 0.3) is 0 Å². The van der Waals surface area contributed by atoms with Crippen LogP contribution in [0.1, 0.15) is 26.7 Å². The number of carboxylic acid groups (broad SMARTS) is 1. The van der Waals surface area contributed by atoms with Gasteiger partial charge in [0, 0.05) is 26.2 Å². The van der Waals surface area contributed by atoms with Crippen molar-refractivity contribution in [3.63, 3.8) is 0 Å². The molecule has 0 radical (unpaired) electrons. The van der Waals surface area contributed by atoms with Crippen molar-refractivity contribution >= 4 is 12.0 Å². The summed E-state index contributed by atoms with van der Waals surface area (Å²) >= 11 is 0. The van der Waals surface area contributed by atoms with Crippen molar-refractivity contribution in [2.45, 2.75) is 32.7 Å². The number of hydrogen-bond donors (Lipinski definition) is 1. The van der Waals surface area contributed by atoms with Gasteiger partial charge in [0.1, 0.15) is 0 Å². The maximum atomic E-state index is 12.0. The largest absolute Gasteiger partial charge is 0.481 e. The number of rotatable bonds is 5. The molecule has 1 unspecified atom stereocenters. The van der Waals surface area contributed by atoms with Gasteiger partial charge in [-0.15, -0.1) is 0 Å². The molecule has 5 heteroatoms. The van der Waals surface area contributed by atoms with Crippen LogP contribution in [0.2, 0.25) is 0 Å². The van der Waals surface area contributed by atoms with Crippen LogP contribution in [0.3, 0.4) is 0 Å². The first-order valence-corrected chi connectivity index (χ1v) is 5.71. The number of aliphatic carboxylic acids is 1. The lowest BCUT2D eigenvalue weighted by Crippen LogP contribution is -2.44. The summed E-state index contributed by atoms with van der Waals surface area (Å²) in [4.78, 5) is 26.0. The van der Waals surface area contributed by atoms with E-state index in [1.807, 2.05) is 6.92 Å². The fourth-order valence-electron chi connectivity index (χ4n) is 1.59. The molecule has 0 aromatic heterocycles. The molecule has 1 fully saturated rings. The first-order valence-electron chi connectivity index (χ1n) is 5.71. The molecule has 0 aromatic rings. The number of carbonyl (C=O) groups excluding carboxylic acids is 1. The number of amides is 2. The van der Waals surface area contributed by atoms with Gasteiger partial charge in [-0.3, -0.25) is 4.79 Å². The van der Waals surface area contributed by atoms with Gasteiger partial charge in [0.2, 0.25) is 0 Å². The minimum atomic E-state index is -0.861. The number of carbonyl (C=O) groups is 2. The van der Waals surface area contributed by atoms with Crippen LogP contribution in [0.5, 0.6) is 0 Å². The van der Waals surface area contributed by atoms with Crippen molar-refractivity contribution in [1.29, 1.82) is 0 Å². The van der Waals surface area contributed by atoms with E-state index in [1.54, 1.807) is 23.8 Å². The van der Waals surface area contributed by atoms with Crippen LogP contribution in [0, 0.1) is 5.92 Å².